The number of ether oxygens (including phenoxy) is 1. The van der Waals surface area contributed by atoms with E-state index in [0.717, 1.165) is 24.6 Å². The van der Waals surface area contributed by atoms with Crippen LogP contribution in [-0.2, 0) is 6.54 Å². The van der Waals surface area contributed by atoms with Gasteiger partial charge in [-0.15, -0.1) is 0 Å². The fourth-order valence-electron chi connectivity index (χ4n) is 1.85. The van der Waals surface area contributed by atoms with Crippen LogP contribution >= 0.6 is 0 Å². The quantitative estimate of drug-likeness (QED) is 0.769. The van der Waals surface area contributed by atoms with E-state index in [9.17, 15) is 0 Å². The number of nitriles is 1. The molecule has 0 atom stereocenters. The number of benzene rings is 1. The van der Waals surface area contributed by atoms with Crippen molar-refractivity contribution < 1.29 is 4.74 Å². The second kappa shape index (κ2) is 6.01. The highest BCUT2D eigenvalue weighted by Crippen LogP contribution is 2.16. The van der Waals surface area contributed by atoms with Gasteiger partial charge in [0, 0.05) is 13.0 Å². The van der Waals surface area contributed by atoms with Gasteiger partial charge in [0.05, 0.1) is 12.2 Å². The minimum absolute atomic E-state index is 0.553. The molecule has 0 amide bonds. The molecule has 0 spiro atoms. The van der Waals surface area contributed by atoms with Crippen LogP contribution in [0.25, 0.3) is 0 Å². The normalized spacial score (nSPS) is 10.2. The second-order valence-electron chi connectivity index (χ2n) is 4.24. The molecule has 0 fully saturated rings. The summed E-state index contributed by atoms with van der Waals surface area (Å²) in [5, 5.41) is 13.2. The van der Waals surface area contributed by atoms with Crippen molar-refractivity contribution in [1.29, 1.82) is 5.26 Å². The summed E-state index contributed by atoms with van der Waals surface area (Å²) in [6.45, 7) is 5.13. The molecule has 98 valence electrons. The predicted molar refractivity (Wildman–Crippen MR) is 70.8 cm³/mol. The van der Waals surface area contributed by atoms with Crippen molar-refractivity contribution >= 4 is 0 Å². The van der Waals surface area contributed by atoms with Crippen molar-refractivity contribution in [3.05, 3.63) is 41.5 Å². The Balaban J connectivity index is 1.84. The lowest BCUT2D eigenvalue weighted by Crippen LogP contribution is -2.07. The highest BCUT2D eigenvalue weighted by Gasteiger charge is 2.03. The van der Waals surface area contributed by atoms with Crippen molar-refractivity contribution in [2.24, 2.45) is 0 Å². The smallest absolute Gasteiger partial charge is 0.147 e. The molecule has 0 radical (unpaired) electrons. The van der Waals surface area contributed by atoms with E-state index in [1.54, 1.807) is 6.07 Å². The van der Waals surface area contributed by atoms with Gasteiger partial charge in [-0.25, -0.2) is 9.67 Å². The first-order valence-corrected chi connectivity index (χ1v) is 6.20. The highest BCUT2D eigenvalue weighted by atomic mass is 16.5. The molecule has 1 aromatic heterocycles. The third-order valence-electron chi connectivity index (χ3n) is 2.74. The molecule has 5 heteroatoms. The number of hydrogen-bond acceptors (Lipinski definition) is 4. The van der Waals surface area contributed by atoms with Crippen LogP contribution in [0.4, 0.5) is 0 Å². The Kier molecular flexibility index (Phi) is 4.14. The summed E-state index contributed by atoms with van der Waals surface area (Å²) in [6, 6.07) is 9.36. The largest absolute Gasteiger partial charge is 0.492 e. The molecular formula is C14H16N4O. The monoisotopic (exact) mass is 256 g/mol. The summed E-state index contributed by atoms with van der Waals surface area (Å²) in [4.78, 5) is 4.24. The van der Waals surface area contributed by atoms with Gasteiger partial charge in [0.2, 0.25) is 0 Å². The molecular weight excluding hydrogens is 240 g/mol. The molecule has 0 saturated heterocycles. The van der Waals surface area contributed by atoms with E-state index < -0.39 is 0 Å². The first-order chi connectivity index (χ1) is 9.20. The molecule has 1 aromatic carbocycles. The van der Waals surface area contributed by atoms with Gasteiger partial charge in [0.25, 0.3) is 0 Å². The van der Waals surface area contributed by atoms with E-state index in [-0.39, 0.29) is 0 Å². The standard InChI is InChI=1S/C14H16N4O/c1-11-16-12(2)18(17-11)8-5-9-19-14-7-4-3-6-13(14)10-15/h3-4,6-7H,5,8-9H2,1-2H3. The molecule has 2 rings (SSSR count). The van der Waals surface area contributed by atoms with E-state index in [4.69, 9.17) is 10.00 Å². The molecule has 0 N–H and O–H groups in total. The third-order valence-corrected chi connectivity index (χ3v) is 2.74. The topological polar surface area (TPSA) is 63.7 Å². The summed E-state index contributed by atoms with van der Waals surface area (Å²) in [6.07, 6.45) is 0.823. The van der Waals surface area contributed by atoms with Gasteiger partial charge in [-0.1, -0.05) is 12.1 Å². The van der Waals surface area contributed by atoms with Crippen LogP contribution in [0.15, 0.2) is 24.3 Å². The van der Waals surface area contributed by atoms with Crippen molar-refractivity contribution in [2.75, 3.05) is 6.61 Å². The number of aromatic nitrogens is 3. The second-order valence-corrected chi connectivity index (χ2v) is 4.24. The van der Waals surface area contributed by atoms with Gasteiger partial charge in [-0.2, -0.15) is 10.4 Å². The Morgan fingerprint density at radius 1 is 1.32 bits per heavy atom. The van der Waals surface area contributed by atoms with Gasteiger partial charge < -0.3 is 4.74 Å². The lowest BCUT2D eigenvalue weighted by molar-refractivity contribution is 0.297. The SMILES string of the molecule is Cc1nc(C)n(CCCOc2ccccc2C#N)n1. The van der Waals surface area contributed by atoms with Crippen molar-refractivity contribution in [1.82, 2.24) is 14.8 Å². The lowest BCUT2D eigenvalue weighted by Gasteiger charge is -2.07. The van der Waals surface area contributed by atoms with Crippen molar-refractivity contribution in [3.63, 3.8) is 0 Å². The van der Waals surface area contributed by atoms with E-state index in [1.807, 2.05) is 36.7 Å². The molecule has 0 bridgehead atoms. The van der Waals surface area contributed by atoms with Crippen LogP contribution in [-0.4, -0.2) is 21.4 Å². The van der Waals surface area contributed by atoms with Crippen LogP contribution < -0.4 is 4.74 Å². The Hall–Kier alpha value is -2.35. The molecule has 1 heterocycles. The fourth-order valence-corrected chi connectivity index (χ4v) is 1.85. The maximum absolute atomic E-state index is 8.94. The number of rotatable bonds is 5. The molecule has 5 nitrogen and oxygen atoms in total. The zero-order valence-electron chi connectivity index (χ0n) is 11.1. The average Bonchev–Trinajstić information content (AvgIpc) is 2.73. The molecule has 0 unspecified atom stereocenters. The fraction of sp³-hybridized carbons (Fsp3) is 0.357. The van der Waals surface area contributed by atoms with Crippen molar-refractivity contribution in [3.8, 4) is 11.8 Å². The van der Waals surface area contributed by atoms with Crippen molar-refractivity contribution in [2.45, 2.75) is 26.8 Å². The molecule has 0 aliphatic carbocycles. The average molecular weight is 256 g/mol. The molecule has 0 aliphatic rings. The summed E-state index contributed by atoms with van der Waals surface area (Å²) in [5.41, 5.74) is 0.565. The van der Waals surface area contributed by atoms with Crippen LogP contribution in [0.1, 0.15) is 23.6 Å². The Morgan fingerprint density at radius 2 is 2.11 bits per heavy atom. The van der Waals surface area contributed by atoms with E-state index in [1.165, 1.54) is 0 Å². The maximum Gasteiger partial charge on any atom is 0.147 e. The molecule has 0 saturated carbocycles. The molecule has 2 aromatic rings. The Bertz CT molecular complexity index is 598. The van der Waals surface area contributed by atoms with Gasteiger partial charge in [-0.3, -0.25) is 0 Å². The van der Waals surface area contributed by atoms with Crippen LogP contribution in [0.5, 0.6) is 5.75 Å². The van der Waals surface area contributed by atoms with Crippen LogP contribution in [0.3, 0.4) is 0 Å². The van der Waals surface area contributed by atoms with E-state index in [0.29, 0.717) is 17.9 Å². The molecule has 0 aliphatic heterocycles. The molecule has 19 heavy (non-hydrogen) atoms. The first kappa shape index (κ1) is 13.1. The third kappa shape index (κ3) is 3.32. The van der Waals surface area contributed by atoms with Gasteiger partial charge >= 0.3 is 0 Å². The number of para-hydroxylation sites is 1. The zero-order valence-corrected chi connectivity index (χ0v) is 11.1. The minimum atomic E-state index is 0.553. The lowest BCUT2D eigenvalue weighted by atomic mass is 10.2. The Labute approximate surface area is 112 Å². The van der Waals surface area contributed by atoms with Crippen LogP contribution in [0.2, 0.25) is 0 Å². The van der Waals surface area contributed by atoms with Gasteiger partial charge in [-0.05, 0) is 26.0 Å². The minimum Gasteiger partial charge on any atom is -0.492 e. The number of aryl methyl sites for hydroxylation is 3. The first-order valence-electron chi connectivity index (χ1n) is 6.20. The Morgan fingerprint density at radius 3 is 2.79 bits per heavy atom. The van der Waals surface area contributed by atoms with Crippen LogP contribution in [0, 0.1) is 25.2 Å². The highest BCUT2D eigenvalue weighted by molar-refractivity contribution is 5.42. The van der Waals surface area contributed by atoms with E-state index in [2.05, 4.69) is 16.2 Å². The maximum atomic E-state index is 8.94. The van der Waals surface area contributed by atoms with Gasteiger partial charge in [0.15, 0.2) is 0 Å². The summed E-state index contributed by atoms with van der Waals surface area (Å²) in [5.74, 6) is 2.33. The predicted octanol–water partition coefficient (Wildman–Crippen LogP) is 2.24. The zero-order chi connectivity index (χ0) is 13.7. The summed E-state index contributed by atoms with van der Waals surface area (Å²) < 4.78 is 7.48. The number of hydrogen-bond donors (Lipinski definition) is 0. The number of nitrogens with zero attached hydrogens (tertiary/aromatic N) is 4. The summed E-state index contributed by atoms with van der Waals surface area (Å²) >= 11 is 0. The summed E-state index contributed by atoms with van der Waals surface area (Å²) in [7, 11) is 0. The van der Waals surface area contributed by atoms with Gasteiger partial charge in [0.1, 0.15) is 23.5 Å². The van der Waals surface area contributed by atoms with E-state index >= 15 is 0 Å².